The SMILES string of the molecule is COc1ccccc1C(c1c(OC)cccc1OC)N1CCCC(C(=O)O)C1. The van der Waals surface area contributed by atoms with Crippen LogP contribution < -0.4 is 14.2 Å². The number of likely N-dealkylation sites (tertiary alicyclic amines) is 1. The molecule has 0 radical (unpaired) electrons. The molecule has 1 saturated heterocycles. The van der Waals surface area contributed by atoms with Gasteiger partial charge in [-0.15, -0.1) is 0 Å². The Balaban J connectivity index is 2.17. The number of nitrogens with zero attached hydrogens (tertiary/aromatic N) is 1. The molecular formula is C22H27NO5. The third-order valence-electron chi connectivity index (χ3n) is 5.34. The summed E-state index contributed by atoms with van der Waals surface area (Å²) in [6.45, 7) is 1.24. The quantitative estimate of drug-likeness (QED) is 0.785. The lowest BCUT2D eigenvalue weighted by molar-refractivity contribution is -0.143. The predicted octanol–water partition coefficient (Wildman–Crippen LogP) is 3.60. The monoisotopic (exact) mass is 385 g/mol. The fraction of sp³-hybridized carbons (Fsp3) is 0.409. The Bertz CT molecular complexity index is 800. The average molecular weight is 385 g/mol. The molecule has 1 N–H and O–H groups in total. The largest absolute Gasteiger partial charge is 0.496 e. The summed E-state index contributed by atoms with van der Waals surface area (Å²) in [7, 11) is 4.91. The molecule has 2 aromatic carbocycles. The van der Waals surface area contributed by atoms with Crippen molar-refractivity contribution < 1.29 is 24.1 Å². The van der Waals surface area contributed by atoms with Crippen LogP contribution in [0.15, 0.2) is 42.5 Å². The zero-order valence-electron chi connectivity index (χ0n) is 16.6. The van der Waals surface area contributed by atoms with Gasteiger partial charge in [-0.2, -0.15) is 0 Å². The Morgan fingerprint density at radius 2 is 1.61 bits per heavy atom. The molecular weight excluding hydrogens is 358 g/mol. The molecule has 0 saturated carbocycles. The summed E-state index contributed by atoms with van der Waals surface area (Å²) in [5.74, 6) is 1.00. The number of rotatable bonds is 7. The van der Waals surface area contributed by atoms with Gasteiger partial charge in [-0.25, -0.2) is 0 Å². The summed E-state index contributed by atoms with van der Waals surface area (Å²) in [4.78, 5) is 13.9. The van der Waals surface area contributed by atoms with E-state index in [2.05, 4.69) is 4.90 Å². The van der Waals surface area contributed by atoms with Crippen LogP contribution in [-0.2, 0) is 4.79 Å². The zero-order valence-corrected chi connectivity index (χ0v) is 16.6. The summed E-state index contributed by atoms with van der Waals surface area (Å²) in [5.41, 5.74) is 1.84. The number of ether oxygens (including phenoxy) is 3. The zero-order chi connectivity index (χ0) is 20.1. The molecule has 0 aliphatic carbocycles. The van der Waals surface area contributed by atoms with Crippen molar-refractivity contribution in [3.8, 4) is 17.2 Å². The Kier molecular flexibility index (Phi) is 6.41. The number of piperidine rings is 1. The van der Waals surface area contributed by atoms with Crippen LogP contribution >= 0.6 is 0 Å². The summed E-state index contributed by atoms with van der Waals surface area (Å²) < 4.78 is 17.0. The van der Waals surface area contributed by atoms with Gasteiger partial charge < -0.3 is 19.3 Å². The van der Waals surface area contributed by atoms with Crippen LogP contribution in [0.5, 0.6) is 17.2 Å². The van der Waals surface area contributed by atoms with Crippen molar-refractivity contribution in [2.45, 2.75) is 18.9 Å². The van der Waals surface area contributed by atoms with Crippen molar-refractivity contribution in [3.05, 3.63) is 53.6 Å². The lowest BCUT2D eigenvalue weighted by Gasteiger charge is -2.38. The lowest BCUT2D eigenvalue weighted by atomic mass is 9.90. The number of hydrogen-bond acceptors (Lipinski definition) is 5. The Morgan fingerprint density at radius 3 is 2.21 bits per heavy atom. The van der Waals surface area contributed by atoms with Crippen molar-refractivity contribution in [2.75, 3.05) is 34.4 Å². The van der Waals surface area contributed by atoms with E-state index in [0.717, 1.165) is 29.8 Å². The van der Waals surface area contributed by atoms with Crippen LogP contribution in [-0.4, -0.2) is 50.4 Å². The number of hydrogen-bond donors (Lipinski definition) is 1. The van der Waals surface area contributed by atoms with Gasteiger partial charge in [-0.1, -0.05) is 24.3 Å². The molecule has 150 valence electrons. The van der Waals surface area contributed by atoms with Gasteiger partial charge in [0.05, 0.1) is 38.9 Å². The first kappa shape index (κ1) is 20.0. The maximum atomic E-state index is 11.7. The second-order valence-electron chi connectivity index (χ2n) is 6.89. The minimum absolute atomic E-state index is 0.246. The second-order valence-corrected chi connectivity index (χ2v) is 6.89. The molecule has 2 aromatic rings. The van der Waals surface area contributed by atoms with Gasteiger partial charge in [0.2, 0.25) is 0 Å². The number of carbonyl (C=O) groups is 1. The highest BCUT2D eigenvalue weighted by atomic mass is 16.5. The first-order valence-electron chi connectivity index (χ1n) is 9.41. The number of methoxy groups -OCH3 is 3. The normalized spacial score (nSPS) is 18.3. The lowest BCUT2D eigenvalue weighted by Crippen LogP contribution is -2.41. The van der Waals surface area contributed by atoms with E-state index < -0.39 is 11.9 Å². The van der Waals surface area contributed by atoms with Crippen LogP contribution in [0.4, 0.5) is 0 Å². The number of para-hydroxylation sites is 1. The summed E-state index contributed by atoms with van der Waals surface area (Å²) >= 11 is 0. The van der Waals surface area contributed by atoms with Crippen LogP contribution in [0.25, 0.3) is 0 Å². The average Bonchev–Trinajstić information content (AvgIpc) is 2.74. The van der Waals surface area contributed by atoms with Crippen molar-refractivity contribution in [3.63, 3.8) is 0 Å². The fourth-order valence-electron chi connectivity index (χ4n) is 4.02. The number of carboxylic acids is 1. The molecule has 1 aliphatic rings. The molecule has 0 spiro atoms. The van der Waals surface area contributed by atoms with Gasteiger partial charge in [0, 0.05) is 12.1 Å². The highest BCUT2D eigenvalue weighted by Crippen LogP contribution is 2.44. The van der Waals surface area contributed by atoms with Crippen molar-refractivity contribution in [1.29, 1.82) is 0 Å². The van der Waals surface area contributed by atoms with Gasteiger partial charge in [-0.05, 0) is 37.6 Å². The van der Waals surface area contributed by atoms with Crippen molar-refractivity contribution in [1.82, 2.24) is 4.90 Å². The fourth-order valence-corrected chi connectivity index (χ4v) is 4.02. The van der Waals surface area contributed by atoms with Gasteiger partial charge in [-0.3, -0.25) is 9.69 Å². The summed E-state index contributed by atoms with van der Waals surface area (Å²) in [6, 6.07) is 13.3. The number of benzene rings is 2. The molecule has 0 amide bonds. The third-order valence-corrected chi connectivity index (χ3v) is 5.34. The summed E-state index contributed by atoms with van der Waals surface area (Å²) in [6.07, 6.45) is 1.51. The number of aliphatic carboxylic acids is 1. The van der Waals surface area contributed by atoms with Gasteiger partial charge >= 0.3 is 5.97 Å². The Morgan fingerprint density at radius 1 is 1.00 bits per heavy atom. The topological polar surface area (TPSA) is 68.2 Å². The summed E-state index contributed by atoms with van der Waals surface area (Å²) in [5, 5.41) is 9.58. The van der Waals surface area contributed by atoms with Crippen LogP contribution in [0.1, 0.15) is 30.0 Å². The molecule has 2 unspecified atom stereocenters. The third kappa shape index (κ3) is 3.92. The van der Waals surface area contributed by atoms with E-state index in [4.69, 9.17) is 14.2 Å². The van der Waals surface area contributed by atoms with Gasteiger partial charge in [0.15, 0.2) is 0 Å². The Labute approximate surface area is 165 Å². The van der Waals surface area contributed by atoms with E-state index in [-0.39, 0.29) is 6.04 Å². The second kappa shape index (κ2) is 8.97. The molecule has 6 heteroatoms. The molecule has 28 heavy (non-hydrogen) atoms. The highest BCUT2D eigenvalue weighted by Gasteiger charge is 2.35. The molecule has 1 heterocycles. The maximum Gasteiger partial charge on any atom is 0.307 e. The van der Waals surface area contributed by atoms with Crippen molar-refractivity contribution >= 4 is 5.97 Å². The number of carboxylic acid groups (broad SMARTS) is 1. The Hall–Kier alpha value is -2.73. The first-order chi connectivity index (χ1) is 13.6. The van der Waals surface area contributed by atoms with Crippen molar-refractivity contribution in [2.24, 2.45) is 5.92 Å². The maximum absolute atomic E-state index is 11.7. The van der Waals surface area contributed by atoms with Gasteiger partial charge in [0.1, 0.15) is 17.2 Å². The van der Waals surface area contributed by atoms with E-state index >= 15 is 0 Å². The van der Waals surface area contributed by atoms with Crippen LogP contribution in [0.3, 0.4) is 0 Å². The highest BCUT2D eigenvalue weighted by molar-refractivity contribution is 5.70. The van der Waals surface area contributed by atoms with E-state index in [1.807, 2.05) is 42.5 Å². The van der Waals surface area contributed by atoms with Crippen LogP contribution in [0, 0.1) is 5.92 Å². The molecule has 1 fully saturated rings. The smallest absolute Gasteiger partial charge is 0.307 e. The van der Waals surface area contributed by atoms with E-state index in [1.54, 1.807) is 21.3 Å². The molecule has 0 bridgehead atoms. The molecule has 1 aliphatic heterocycles. The van der Waals surface area contributed by atoms with E-state index in [0.29, 0.717) is 24.5 Å². The van der Waals surface area contributed by atoms with Crippen LogP contribution in [0.2, 0.25) is 0 Å². The molecule has 3 rings (SSSR count). The van der Waals surface area contributed by atoms with E-state index in [9.17, 15) is 9.90 Å². The molecule has 2 atom stereocenters. The molecule has 6 nitrogen and oxygen atoms in total. The van der Waals surface area contributed by atoms with Gasteiger partial charge in [0.25, 0.3) is 0 Å². The first-order valence-corrected chi connectivity index (χ1v) is 9.41. The standard InChI is InChI=1S/C22H27NO5/c1-26-17-10-5-4-9-16(17)21(23-13-7-8-15(14-23)22(24)25)20-18(27-2)11-6-12-19(20)28-3/h4-6,9-12,15,21H,7-8,13-14H2,1-3H3,(H,24,25). The molecule has 0 aromatic heterocycles. The minimum atomic E-state index is -0.754. The predicted molar refractivity (Wildman–Crippen MR) is 106 cm³/mol. The minimum Gasteiger partial charge on any atom is -0.496 e. The van der Waals surface area contributed by atoms with E-state index in [1.165, 1.54) is 0 Å².